The number of ether oxygens (including phenoxy) is 2. The zero-order valence-corrected chi connectivity index (χ0v) is 14.4. The van der Waals surface area contributed by atoms with Crippen LogP contribution in [0, 0.1) is 11.3 Å². The minimum Gasteiger partial charge on any atom is -0.454 e. The third kappa shape index (κ3) is 3.36. The minimum absolute atomic E-state index is 0.149. The van der Waals surface area contributed by atoms with Gasteiger partial charge in [0.25, 0.3) is 0 Å². The van der Waals surface area contributed by atoms with E-state index in [9.17, 15) is 4.79 Å². The van der Waals surface area contributed by atoms with Gasteiger partial charge in [0.1, 0.15) is 0 Å². The van der Waals surface area contributed by atoms with Crippen molar-refractivity contribution in [2.24, 2.45) is 0 Å². The number of nitrogens with one attached hydrogen (secondary N) is 1. The Labute approximate surface area is 153 Å². The van der Waals surface area contributed by atoms with E-state index in [4.69, 9.17) is 14.7 Å². The molecular weight excluding hydrogens is 350 g/mol. The molecule has 2 aromatic carbocycles. The van der Waals surface area contributed by atoms with Crippen molar-refractivity contribution in [1.29, 1.82) is 5.26 Å². The number of nitriles is 1. The lowest BCUT2D eigenvalue weighted by molar-refractivity contribution is -0.115. The highest BCUT2D eigenvalue weighted by Gasteiger charge is 2.15. The molecule has 0 radical (unpaired) electrons. The Hall–Kier alpha value is -3.37. The number of fused-ring (bicyclic) bond motifs is 1. The number of amides is 1. The maximum atomic E-state index is 12.3. The van der Waals surface area contributed by atoms with Gasteiger partial charge in [0.15, 0.2) is 16.6 Å². The van der Waals surface area contributed by atoms with Crippen LogP contribution in [0.25, 0.3) is 11.3 Å². The second-order valence-corrected chi connectivity index (χ2v) is 6.50. The number of aromatic nitrogens is 1. The molecule has 1 aliphatic heterocycles. The second-order valence-electron chi connectivity index (χ2n) is 5.64. The van der Waals surface area contributed by atoms with E-state index in [0.29, 0.717) is 22.2 Å². The quantitative estimate of drug-likeness (QED) is 0.766. The Kier molecular flexibility index (Phi) is 4.25. The smallest absolute Gasteiger partial charge is 0.231 e. The molecule has 1 amide bonds. The van der Waals surface area contributed by atoms with Gasteiger partial charge in [-0.1, -0.05) is 18.2 Å². The lowest BCUT2D eigenvalue weighted by Gasteiger charge is -2.03. The number of carbonyl (C=O) groups excluding carboxylic acids is 1. The van der Waals surface area contributed by atoms with Crippen molar-refractivity contribution in [2.75, 3.05) is 12.1 Å². The average molecular weight is 363 g/mol. The molecule has 4 rings (SSSR count). The summed E-state index contributed by atoms with van der Waals surface area (Å²) < 4.78 is 10.6. The molecule has 6 nitrogen and oxygen atoms in total. The summed E-state index contributed by atoms with van der Waals surface area (Å²) >= 11 is 1.36. The van der Waals surface area contributed by atoms with Crippen LogP contribution >= 0.6 is 11.3 Å². The molecule has 0 atom stereocenters. The monoisotopic (exact) mass is 363 g/mol. The van der Waals surface area contributed by atoms with E-state index in [1.165, 1.54) is 11.3 Å². The van der Waals surface area contributed by atoms with E-state index in [-0.39, 0.29) is 19.1 Å². The Morgan fingerprint density at radius 3 is 2.81 bits per heavy atom. The maximum absolute atomic E-state index is 12.3. The highest BCUT2D eigenvalue weighted by molar-refractivity contribution is 7.14. The number of benzene rings is 2. The van der Waals surface area contributed by atoms with Gasteiger partial charge in [-0.05, 0) is 29.8 Å². The molecule has 0 bridgehead atoms. The molecule has 2 heterocycles. The Bertz CT molecular complexity index is 1010. The molecule has 128 valence electrons. The zero-order chi connectivity index (χ0) is 17.9. The van der Waals surface area contributed by atoms with E-state index >= 15 is 0 Å². The van der Waals surface area contributed by atoms with E-state index in [1.54, 1.807) is 18.2 Å². The Morgan fingerprint density at radius 2 is 2.00 bits per heavy atom. The molecule has 0 saturated heterocycles. The summed E-state index contributed by atoms with van der Waals surface area (Å²) in [5, 5.41) is 14.1. The summed E-state index contributed by atoms with van der Waals surface area (Å²) in [7, 11) is 0. The highest BCUT2D eigenvalue weighted by Crippen LogP contribution is 2.32. The van der Waals surface area contributed by atoms with Crippen molar-refractivity contribution >= 4 is 22.4 Å². The number of anilines is 1. The van der Waals surface area contributed by atoms with Gasteiger partial charge < -0.3 is 14.8 Å². The van der Waals surface area contributed by atoms with Crippen molar-refractivity contribution in [1.82, 2.24) is 4.98 Å². The summed E-state index contributed by atoms with van der Waals surface area (Å²) in [6, 6.07) is 14.7. The number of rotatable bonds is 4. The summed E-state index contributed by atoms with van der Waals surface area (Å²) in [6.07, 6.45) is 0.225. The first-order chi connectivity index (χ1) is 12.7. The van der Waals surface area contributed by atoms with Crippen LogP contribution in [0.5, 0.6) is 11.5 Å². The van der Waals surface area contributed by atoms with Crippen LogP contribution in [0.2, 0.25) is 0 Å². The Morgan fingerprint density at radius 1 is 1.19 bits per heavy atom. The number of carbonyl (C=O) groups is 1. The van der Waals surface area contributed by atoms with Gasteiger partial charge in [-0.15, -0.1) is 11.3 Å². The number of thiazole rings is 1. The number of hydrogen-bond acceptors (Lipinski definition) is 6. The maximum Gasteiger partial charge on any atom is 0.231 e. The topological polar surface area (TPSA) is 84.2 Å². The molecule has 0 saturated carbocycles. The fourth-order valence-corrected chi connectivity index (χ4v) is 3.31. The molecule has 0 aliphatic carbocycles. The second kappa shape index (κ2) is 6.86. The summed E-state index contributed by atoms with van der Waals surface area (Å²) in [6.45, 7) is 0.211. The molecule has 26 heavy (non-hydrogen) atoms. The van der Waals surface area contributed by atoms with Crippen LogP contribution in [0.15, 0.2) is 47.8 Å². The molecule has 0 unspecified atom stereocenters. The van der Waals surface area contributed by atoms with Gasteiger partial charge >= 0.3 is 0 Å². The van der Waals surface area contributed by atoms with Gasteiger partial charge in [0, 0.05) is 10.9 Å². The first-order valence-electron chi connectivity index (χ1n) is 7.86. The zero-order valence-electron chi connectivity index (χ0n) is 13.6. The lowest BCUT2D eigenvalue weighted by Crippen LogP contribution is -2.14. The Balaban J connectivity index is 1.42. The highest BCUT2D eigenvalue weighted by atomic mass is 32.1. The van der Waals surface area contributed by atoms with E-state index in [0.717, 1.165) is 16.8 Å². The predicted molar refractivity (Wildman–Crippen MR) is 97.2 cm³/mol. The molecule has 1 N–H and O–H groups in total. The van der Waals surface area contributed by atoms with E-state index in [2.05, 4.69) is 16.4 Å². The van der Waals surface area contributed by atoms with Crippen LogP contribution in [0.1, 0.15) is 11.1 Å². The van der Waals surface area contributed by atoms with Gasteiger partial charge in [-0.25, -0.2) is 4.98 Å². The molecule has 0 fully saturated rings. The first kappa shape index (κ1) is 16.1. The number of nitrogens with zero attached hydrogens (tertiary/aromatic N) is 2. The normalized spacial score (nSPS) is 11.8. The predicted octanol–water partition coefficient (Wildman–Crippen LogP) is 3.59. The third-order valence-corrected chi connectivity index (χ3v) is 4.62. The standard InChI is InChI=1S/C19H13N3O3S/c20-9-12-1-4-14(5-2-12)15-10-26-19(21-15)22-18(23)8-13-3-6-16-17(7-13)25-11-24-16/h1-7,10H,8,11H2,(H,21,22,23). The summed E-state index contributed by atoms with van der Waals surface area (Å²) in [5.41, 5.74) is 3.10. The first-order valence-corrected chi connectivity index (χ1v) is 8.74. The van der Waals surface area contributed by atoms with Crippen LogP contribution in [0.4, 0.5) is 5.13 Å². The van der Waals surface area contributed by atoms with Gasteiger partial charge in [0.2, 0.25) is 12.7 Å². The molecule has 1 aromatic heterocycles. The van der Waals surface area contributed by atoms with Gasteiger partial charge in [-0.3, -0.25) is 4.79 Å². The fourth-order valence-electron chi connectivity index (χ4n) is 2.58. The molecule has 3 aromatic rings. The molecule has 1 aliphatic rings. The average Bonchev–Trinajstić information content (AvgIpc) is 3.30. The van der Waals surface area contributed by atoms with Crippen LogP contribution in [-0.2, 0) is 11.2 Å². The third-order valence-electron chi connectivity index (χ3n) is 3.86. The summed E-state index contributed by atoms with van der Waals surface area (Å²) in [5.74, 6) is 1.21. The SMILES string of the molecule is N#Cc1ccc(-c2csc(NC(=O)Cc3ccc4c(c3)OCO4)n2)cc1. The van der Waals surface area contributed by atoms with E-state index in [1.807, 2.05) is 29.6 Å². The molecular formula is C19H13N3O3S. The lowest BCUT2D eigenvalue weighted by atomic mass is 10.1. The van der Waals surface area contributed by atoms with Crippen LogP contribution in [-0.4, -0.2) is 17.7 Å². The van der Waals surface area contributed by atoms with Gasteiger partial charge in [0.05, 0.1) is 23.7 Å². The van der Waals surface area contributed by atoms with Gasteiger partial charge in [-0.2, -0.15) is 5.26 Å². The van der Waals surface area contributed by atoms with Crippen LogP contribution < -0.4 is 14.8 Å². The van der Waals surface area contributed by atoms with Crippen molar-refractivity contribution in [3.05, 3.63) is 59.0 Å². The fraction of sp³-hybridized carbons (Fsp3) is 0.105. The van der Waals surface area contributed by atoms with Crippen molar-refractivity contribution in [3.8, 4) is 28.8 Å². The number of hydrogen-bond donors (Lipinski definition) is 1. The van der Waals surface area contributed by atoms with Crippen molar-refractivity contribution in [3.63, 3.8) is 0 Å². The van der Waals surface area contributed by atoms with Crippen LogP contribution in [0.3, 0.4) is 0 Å². The molecule has 0 spiro atoms. The van der Waals surface area contributed by atoms with Crippen molar-refractivity contribution in [2.45, 2.75) is 6.42 Å². The van der Waals surface area contributed by atoms with Crippen molar-refractivity contribution < 1.29 is 14.3 Å². The largest absolute Gasteiger partial charge is 0.454 e. The molecule has 7 heteroatoms. The minimum atomic E-state index is -0.149. The summed E-state index contributed by atoms with van der Waals surface area (Å²) in [4.78, 5) is 16.7. The van der Waals surface area contributed by atoms with E-state index < -0.39 is 0 Å².